The second-order valence-electron chi connectivity index (χ2n) is 6.99. The van der Waals surface area contributed by atoms with E-state index in [2.05, 4.69) is 27.1 Å². The highest BCUT2D eigenvalue weighted by molar-refractivity contribution is 7.98. The van der Waals surface area contributed by atoms with E-state index >= 15 is 0 Å². The van der Waals surface area contributed by atoms with Crippen molar-refractivity contribution in [2.24, 2.45) is 0 Å². The van der Waals surface area contributed by atoms with Crippen LogP contribution in [0.3, 0.4) is 0 Å². The zero-order valence-electron chi connectivity index (χ0n) is 17.9. The van der Waals surface area contributed by atoms with Gasteiger partial charge in [0.25, 0.3) is 0 Å². The lowest BCUT2D eigenvalue weighted by Crippen LogP contribution is -1.93. The molecular weight excluding hydrogens is 426 g/mol. The summed E-state index contributed by atoms with van der Waals surface area (Å²) in [6, 6.07) is 14.4. The molecule has 4 rings (SSSR count). The quantitative estimate of drug-likeness (QED) is 0.248. The Morgan fingerprint density at radius 3 is 2.23 bits per heavy atom. The van der Waals surface area contributed by atoms with Crippen LogP contribution in [0.4, 0.5) is 0 Å². The van der Waals surface area contributed by atoms with E-state index in [0.29, 0.717) is 0 Å². The molecule has 0 aliphatic heterocycles. The average molecular weight is 450 g/mol. The van der Waals surface area contributed by atoms with Gasteiger partial charge in [-0.2, -0.15) is 0 Å². The largest absolute Gasteiger partial charge is 0.493 e. The molecule has 0 saturated heterocycles. The van der Waals surface area contributed by atoms with Crippen LogP contribution in [0.25, 0.3) is 20.9 Å². The van der Waals surface area contributed by atoms with Gasteiger partial charge in [-0.05, 0) is 73.0 Å². The standard InChI is InChI=1S/C24H23N3O2S2/c1-15-11-16(2)27-24(26-15)30-14-19-13-22(17-7-9-25-10-8-17)31-23(19)18-5-6-20(28-3)21(12-18)29-4/h5-13H,14H2,1-4H3. The molecule has 0 amide bonds. The van der Waals surface area contributed by atoms with Gasteiger partial charge in [0.15, 0.2) is 16.7 Å². The van der Waals surface area contributed by atoms with Crippen molar-refractivity contribution in [3.63, 3.8) is 0 Å². The highest BCUT2D eigenvalue weighted by atomic mass is 32.2. The maximum atomic E-state index is 5.53. The first-order valence-electron chi connectivity index (χ1n) is 9.78. The van der Waals surface area contributed by atoms with Crippen LogP contribution in [-0.4, -0.2) is 29.2 Å². The van der Waals surface area contributed by atoms with E-state index in [4.69, 9.17) is 9.47 Å². The molecule has 0 unspecified atom stereocenters. The Morgan fingerprint density at radius 2 is 1.55 bits per heavy atom. The Kier molecular flexibility index (Phi) is 6.53. The summed E-state index contributed by atoms with van der Waals surface area (Å²) >= 11 is 3.41. The topological polar surface area (TPSA) is 57.1 Å². The van der Waals surface area contributed by atoms with Crippen LogP contribution in [0, 0.1) is 13.8 Å². The summed E-state index contributed by atoms with van der Waals surface area (Å²) in [4.78, 5) is 15.7. The number of thioether (sulfide) groups is 1. The molecule has 3 aromatic heterocycles. The lowest BCUT2D eigenvalue weighted by atomic mass is 10.1. The summed E-state index contributed by atoms with van der Waals surface area (Å²) in [5.41, 5.74) is 5.45. The lowest BCUT2D eigenvalue weighted by Gasteiger charge is -2.10. The first-order chi connectivity index (χ1) is 15.1. The second kappa shape index (κ2) is 9.49. The van der Waals surface area contributed by atoms with E-state index in [1.807, 2.05) is 56.6 Å². The average Bonchev–Trinajstić information content (AvgIpc) is 3.21. The van der Waals surface area contributed by atoms with Gasteiger partial charge in [-0.15, -0.1) is 11.3 Å². The third-order valence-electron chi connectivity index (χ3n) is 4.74. The molecule has 4 aromatic rings. The lowest BCUT2D eigenvalue weighted by molar-refractivity contribution is 0.355. The van der Waals surface area contributed by atoms with E-state index < -0.39 is 0 Å². The Morgan fingerprint density at radius 1 is 0.839 bits per heavy atom. The number of hydrogen-bond donors (Lipinski definition) is 0. The van der Waals surface area contributed by atoms with Crippen LogP contribution in [0.1, 0.15) is 17.0 Å². The monoisotopic (exact) mass is 449 g/mol. The van der Waals surface area contributed by atoms with Crippen LogP contribution < -0.4 is 9.47 Å². The van der Waals surface area contributed by atoms with E-state index in [-0.39, 0.29) is 0 Å². The number of aryl methyl sites for hydroxylation is 2. The van der Waals surface area contributed by atoms with Gasteiger partial charge in [0.05, 0.1) is 14.2 Å². The van der Waals surface area contributed by atoms with Crippen molar-refractivity contribution in [3.8, 4) is 32.4 Å². The molecular formula is C24H23N3O2S2. The van der Waals surface area contributed by atoms with Crippen molar-refractivity contribution in [2.75, 3.05) is 14.2 Å². The van der Waals surface area contributed by atoms with Crippen molar-refractivity contribution in [1.29, 1.82) is 0 Å². The fraction of sp³-hybridized carbons (Fsp3) is 0.208. The first kappa shape index (κ1) is 21.3. The molecule has 0 spiro atoms. The zero-order valence-corrected chi connectivity index (χ0v) is 19.5. The Labute approximate surface area is 190 Å². The summed E-state index contributed by atoms with van der Waals surface area (Å²) in [6.07, 6.45) is 3.64. The van der Waals surface area contributed by atoms with Gasteiger partial charge in [-0.1, -0.05) is 11.8 Å². The molecule has 31 heavy (non-hydrogen) atoms. The van der Waals surface area contributed by atoms with Gasteiger partial charge >= 0.3 is 0 Å². The third-order valence-corrected chi connectivity index (χ3v) is 6.91. The minimum Gasteiger partial charge on any atom is -0.493 e. The van der Waals surface area contributed by atoms with Crippen LogP contribution in [0.2, 0.25) is 0 Å². The number of pyridine rings is 1. The highest BCUT2D eigenvalue weighted by Crippen LogP contribution is 2.42. The minimum atomic E-state index is 0.718. The van der Waals surface area contributed by atoms with Crippen LogP contribution in [0.15, 0.2) is 60.0 Å². The van der Waals surface area contributed by atoms with Crippen LogP contribution in [-0.2, 0) is 5.75 Å². The molecule has 0 aliphatic rings. The second-order valence-corrected chi connectivity index (χ2v) is 8.99. The highest BCUT2D eigenvalue weighted by Gasteiger charge is 2.16. The van der Waals surface area contributed by atoms with Crippen molar-refractivity contribution < 1.29 is 9.47 Å². The molecule has 158 valence electrons. The van der Waals surface area contributed by atoms with E-state index in [9.17, 15) is 0 Å². The van der Waals surface area contributed by atoms with Crippen molar-refractivity contribution >= 4 is 23.1 Å². The molecule has 0 saturated carbocycles. The molecule has 0 bridgehead atoms. The van der Waals surface area contributed by atoms with Crippen LogP contribution >= 0.6 is 23.1 Å². The maximum Gasteiger partial charge on any atom is 0.188 e. The van der Waals surface area contributed by atoms with Crippen LogP contribution in [0.5, 0.6) is 11.5 Å². The number of ether oxygens (including phenoxy) is 2. The summed E-state index contributed by atoms with van der Waals surface area (Å²) in [7, 11) is 3.31. The molecule has 0 N–H and O–H groups in total. The number of thiophene rings is 1. The van der Waals surface area contributed by atoms with Crippen molar-refractivity contribution in [1.82, 2.24) is 15.0 Å². The predicted molar refractivity (Wildman–Crippen MR) is 127 cm³/mol. The Balaban J connectivity index is 1.73. The molecule has 3 heterocycles. The van der Waals surface area contributed by atoms with E-state index in [1.54, 1.807) is 37.3 Å². The van der Waals surface area contributed by atoms with Gasteiger partial charge in [0.2, 0.25) is 0 Å². The number of hydrogen-bond acceptors (Lipinski definition) is 7. The fourth-order valence-corrected chi connectivity index (χ4v) is 5.52. The maximum absolute atomic E-state index is 5.53. The van der Waals surface area contributed by atoms with Crippen molar-refractivity contribution in [3.05, 3.63) is 71.8 Å². The molecule has 5 nitrogen and oxygen atoms in total. The predicted octanol–water partition coefficient (Wildman–Crippen LogP) is 6.19. The molecule has 1 aromatic carbocycles. The molecule has 0 aliphatic carbocycles. The Hall–Kier alpha value is -2.90. The minimum absolute atomic E-state index is 0.718. The van der Waals surface area contributed by atoms with Crippen molar-refractivity contribution in [2.45, 2.75) is 24.8 Å². The fourth-order valence-electron chi connectivity index (χ4n) is 3.32. The summed E-state index contributed by atoms with van der Waals surface area (Å²) < 4.78 is 10.9. The molecule has 0 fully saturated rings. The van der Waals surface area contributed by atoms with Gasteiger partial charge in [-0.25, -0.2) is 9.97 Å². The number of methoxy groups -OCH3 is 2. The number of aromatic nitrogens is 3. The van der Waals surface area contributed by atoms with E-state index in [0.717, 1.165) is 44.9 Å². The SMILES string of the molecule is COc1ccc(-c2sc(-c3ccncc3)cc2CSc2nc(C)cc(C)n2)cc1OC. The number of rotatable bonds is 7. The van der Waals surface area contributed by atoms with E-state index in [1.165, 1.54) is 15.3 Å². The summed E-state index contributed by atoms with van der Waals surface area (Å²) in [5.74, 6) is 2.21. The van der Waals surface area contributed by atoms with Gasteiger partial charge < -0.3 is 9.47 Å². The van der Waals surface area contributed by atoms with Gasteiger partial charge in [-0.3, -0.25) is 4.98 Å². The zero-order chi connectivity index (χ0) is 21.8. The number of benzene rings is 1. The summed E-state index contributed by atoms with van der Waals surface area (Å²) in [5, 5.41) is 0.799. The van der Waals surface area contributed by atoms with Gasteiger partial charge in [0.1, 0.15) is 0 Å². The third kappa shape index (κ3) is 4.89. The summed E-state index contributed by atoms with van der Waals surface area (Å²) in [6.45, 7) is 4.00. The normalized spacial score (nSPS) is 10.8. The molecule has 0 atom stereocenters. The molecule has 0 radical (unpaired) electrons. The van der Waals surface area contributed by atoms with Gasteiger partial charge in [0, 0.05) is 39.3 Å². The first-order valence-corrected chi connectivity index (χ1v) is 11.6. The Bertz CT molecular complexity index is 1170. The number of nitrogens with zero attached hydrogens (tertiary/aromatic N) is 3. The smallest absolute Gasteiger partial charge is 0.188 e. The molecule has 7 heteroatoms.